The van der Waals surface area contributed by atoms with E-state index in [-0.39, 0.29) is 30.7 Å². The molecule has 1 aliphatic heterocycles. The van der Waals surface area contributed by atoms with Crippen molar-refractivity contribution in [2.45, 2.75) is 26.7 Å². The molecular weight excluding hydrogens is 361 g/mol. The van der Waals surface area contributed by atoms with E-state index >= 15 is 0 Å². The highest BCUT2D eigenvalue weighted by Crippen LogP contribution is 2.31. The number of anilines is 1. The second-order valence-corrected chi connectivity index (χ2v) is 6.14. The number of nitrogens with two attached hydrogens (primary N) is 1. The number of piperazine rings is 1. The van der Waals surface area contributed by atoms with Gasteiger partial charge in [-0.05, 0) is 25.0 Å². The van der Waals surface area contributed by atoms with Crippen LogP contribution in [0.4, 0.5) is 5.69 Å². The van der Waals surface area contributed by atoms with E-state index in [4.69, 9.17) is 10.5 Å². The number of carbonyl (C=O) groups excluding carboxylic acids is 1. The maximum atomic E-state index is 12.9. The molecule has 144 valence electrons. The number of carbonyl (C=O) groups is 1. The number of nitrogens with zero attached hydrogens (tertiary/aromatic N) is 2. The molecule has 25 heavy (non-hydrogen) atoms. The fraction of sp³-hybridized carbons (Fsp3) is 0.611. The molecule has 1 aromatic rings. The number of methoxy groups -OCH3 is 1. The number of benzene rings is 1. The Hall–Kier alpha value is -1.17. The monoisotopic (exact) mass is 391 g/mol. The van der Waals surface area contributed by atoms with Gasteiger partial charge < -0.3 is 20.3 Å². The van der Waals surface area contributed by atoms with E-state index in [1.165, 1.54) is 0 Å². The summed E-state index contributed by atoms with van der Waals surface area (Å²) in [5, 5.41) is 0. The maximum absolute atomic E-state index is 12.9. The normalized spacial score (nSPS) is 14.4. The zero-order valence-corrected chi connectivity index (χ0v) is 17.0. The minimum atomic E-state index is -0.396. The summed E-state index contributed by atoms with van der Waals surface area (Å²) in [6.07, 6.45) is 1.59. The summed E-state index contributed by atoms with van der Waals surface area (Å²) in [5.74, 6) is 1.09. The summed E-state index contributed by atoms with van der Waals surface area (Å²) in [6.45, 7) is 7.64. The Labute approximate surface area is 163 Å². The standard InChI is InChI=1S/C18H29N3O2.2ClH/c1-4-18(5-2,14-19)17(22)21-12-10-20(11-13-21)15-8-6-7-9-16(15)23-3;;/h6-9H,4-5,10-14,19H2,1-3H3;2*1H. The van der Waals surface area contributed by atoms with Crippen molar-refractivity contribution in [2.75, 3.05) is 44.7 Å². The molecule has 0 bridgehead atoms. The molecule has 1 amide bonds. The number of ether oxygens (including phenoxy) is 1. The van der Waals surface area contributed by atoms with Gasteiger partial charge in [0.25, 0.3) is 0 Å². The third-order valence-electron chi connectivity index (χ3n) is 5.19. The summed E-state index contributed by atoms with van der Waals surface area (Å²) in [7, 11) is 1.69. The molecule has 7 heteroatoms. The molecule has 0 unspecified atom stereocenters. The van der Waals surface area contributed by atoms with Crippen molar-refractivity contribution in [2.24, 2.45) is 11.1 Å². The first kappa shape index (κ1) is 23.8. The van der Waals surface area contributed by atoms with Crippen LogP contribution in [0.3, 0.4) is 0 Å². The molecule has 2 rings (SSSR count). The second-order valence-electron chi connectivity index (χ2n) is 6.14. The summed E-state index contributed by atoms with van der Waals surface area (Å²) in [5.41, 5.74) is 6.62. The molecule has 5 nitrogen and oxygen atoms in total. The van der Waals surface area contributed by atoms with Crippen LogP contribution in [0.2, 0.25) is 0 Å². The van der Waals surface area contributed by atoms with Gasteiger partial charge in [-0.25, -0.2) is 0 Å². The van der Waals surface area contributed by atoms with Crippen LogP contribution >= 0.6 is 24.8 Å². The van der Waals surface area contributed by atoms with Gasteiger partial charge in [0.05, 0.1) is 18.2 Å². The molecule has 1 fully saturated rings. The highest BCUT2D eigenvalue weighted by molar-refractivity contribution is 5.85. The molecule has 2 N–H and O–H groups in total. The quantitative estimate of drug-likeness (QED) is 0.809. The number of para-hydroxylation sites is 2. The molecular formula is C18H31Cl2N3O2. The van der Waals surface area contributed by atoms with E-state index in [1.54, 1.807) is 7.11 Å². The lowest BCUT2D eigenvalue weighted by atomic mass is 9.81. The summed E-state index contributed by atoms with van der Waals surface area (Å²) in [4.78, 5) is 17.1. The fourth-order valence-corrected chi connectivity index (χ4v) is 3.31. The average Bonchev–Trinajstić information content (AvgIpc) is 2.63. The Morgan fingerprint density at radius 1 is 1.12 bits per heavy atom. The first-order chi connectivity index (χ1) is 11.1. The first-order valence-corrected chi connectivity index (χ1v) is 8.49. The van der Waals surface area contributed by atoms with Crippen molar-refractivity contribution in [3.05, 3.63) is 24.3 Å². The zero-order chi connectivity index (χ0) is 16.9. The van der Waals surface area contributed by atoms with E-state index in [0.717, 1.165) is 50.5 Å². The van der Waals surface area contributed by atoms with Gasteiger partial charge >= 0.3 is 0 Å². The van der Waals surface area contributed by atoms with Gasteiger partial charge in [-0.3, -0.25) is 4.79 Å². The van der Waals surface area contributed by atoms with Crippen molar-refractivity contribution >= 4 is 36.4 Å². The lowest BCUT2D eigenvalue weighted by molar-refractivity contribution is -0.142. The lowest BCUT2D eigenvalue weighted by Crippen LogP contribution is -2.54. The van der Waals surface area contributed by atoms with E-state index in [9.17, 15) is 4.79 Å². The minimum absolute atomic E-state index is 0. The van der Waals surface area contributed by atoms with Crippen molar-refractivity contribution < 1.29 is 9.53 Å². The highest BCUT2D eigenvalue weighted by atomic mass is 35.5. The molecule has 0 aliphatic carbocycles. The van der Waals surface area contributed by atoms with Gasteiger partial charge in [0.2, 0.25) is 5.91 Å². The van der Waals surface area contributed by atoms with Gasteiger partial charge in [0.1, 0.15) is 5.75 Å². The van der Waals surface area contributed by atoms with Crippen molar-refractivity contribution in [3.8, 4) is 5.75 Å². The van der Waals surface area contributed by atoms with Gasteiger partial charge in [-0.1, -0.05) is 26.0 Å². The van der Waals surface area contributed by atoms with Gasteiger partial charge in [0, 0.05) is 32.7 Å². The summed E-state index contributed by atoms with van der Waals surface area (Å²) < 4.78 is 5.44. The predicted octanol–water partition coefficient (Wildman–Crippen LogP) is 2.95. The van der Waals surface area contributed by atoms with Crippen LogP contribution in [0, 0.1) is 5.41 Å². The maximum Gasteiger partial charge on any atom is 0.230 e. The molecule has 0 radical (unpaired) electrons. The van der Waals surface area contributed by atoms with Crippen LogP contribution in [-0.4, -0.2) is 50.6 Å². The SMILES string of the molecule is CCC(CC)(CN)C(=O)N1CCN(c2ccccc2OC)CC1.Cl.Cl. The molecule has 0 saturated carbocycles. The van der Waals surface area contributed by atoms with Crippen LogP contribution in [-0.2, 0) is 4.79 Å². The van der Waals surface area contributed by atoms with E-state index < -0.39 is 5.41 Å². The number of halogens is 2. The van der Waals surface area contributed by atoms with Gasteiger partial charge in [-0.2, -0.15) is 0 Å². The molecule has 0 spiro atoms. The van der Waals surface area contributed by atoms with Crippen LogP contribution in [0.5, 0.6) is 5.75 Å². The van der Waals surface area contributed by atoms with Crippen molar-refractivity contribution in [1.82, 2.24) is 4.90 Å². The van der Waals surface area contributed by atoms with Crippen LogP contribution < -0.4 is 15.4 Å². The van der Waals surface area contributed by atoms with Crippen molar-refractivity contribution in [1.29, 1.82) is 0 Å². The Kier molecular flexibility index (Phi) is 10.2. The van der Waals surface area contributed by atoms with E-state index in [1.807, 2.05) is 23.1 Å². The van der Waals surface area contributed by atoms with Gasteiger partial charge in [-0.15, -0.1) is 24.8 Å². The lowest BCUT2D eigenvalue weighted by Gasteiger charge is -2.41. The van der Waals surface area contributed by atoms with Gasteiger partial charge in [0.15, 0.2) is 0 Å². The first-order valence-electron chi connectivity index (χ1n) is 8.49. The molecule has 1 heterocycles. The third-order valence-corrected chi connectivity index (χ3v) is 5.19. The summed E-state index contributed by atoms with van der Waals surface area (Å²) >= 11 is 0. The molecule has 0 atom stereocenters. The molecule has 0 aromatic heterocycles. The third kappa shape index (κ3) is 4.93. The van der Waals surface area contributed by atoms with E-state index in [2.05, 4.69) is 24.8 Å². The highest BCUT2D eigenvalue weighted by Gasteiger charge is 2.37. The molecule has 1 aliphatic rings. The number of hydrogen-bond acceptors (Lipinski definition) is 4. The Balaban J connectivity index is 0.00000288. The Bertz CT molecular complexity index is 523. The zero-order valence-electron chi connectivity index (χ0n) is 15.4. The Morgan fingerprint density at radius 2 is 1.68 bits per heavy atom. The summed E-state index contributed by atoms with van der Waals surface area (Å²) in [6, 6.07) is 8.03. The van der Waals surface area contributed by atoms with Crippen LogP contribution in [0.15, 0.2) is 24.3 Å². The van der Waals surface area contributed by atoms with E-state index in [0.29, 0.717) is 6.54 Å². The predicted molar refractivity (Wildman–Crippen MR) is 108 cm³/mol. The Morgan fingerprint density at radius 3 is 2.16 bits per heavy atom. The molecule has 1 aromatic carbocycles. The largest absolute Gasteiger partial charge is 0.495 e. The van der Waals surface area contributed by atoms with Crippen molar-refractivity contribution in [3.63, 3.8) is 0 Å². The van der Waals surface area contributed by atoms with Crippen LogP contribution in [0.1, 0.15) is 26.7 Å². The number of hydrogen-bond donors (Lipinski definition) is 1. The fourth-order valence-electron chi connectivity index (χ4n) is 3.31. The number of rotatable bonds is 6. The minimum Gasteiger partial charge on any atom is -0.495 e. The smallest absolute Gasteiger partial charge is 0.230 e. The average molecular weight is 392 g/mol. The topological polar surface area (TPSA) is 58.8 Å². The molecule has 1 saturated heterocycles. The van der Waals surface area contributed by atoms with Crippen LogP contribution in [0.25, 0.3) is 0 Å². The second kappa shape index (κ2) is 10.7. The number of amides is 1.